The lowest BCUT2D eigenvalue weighted by atomic mass is 10.2. The van der Waals surface area contributed by atoms with Crippen molar-refractivity contribution in [3.05, 3.63) is 96.2 Å². The molecule has 0 spiro atoms. The Morgan fingerprint density at radius 3 is 2.42 bits per heavy atom. The van der Waals surface area contributed by atoms with Crippen molar-refractivity contribution in [2.75, 3.05) is 0 Å². The van der Waals surface area contributed by atoms with Gasteiger partial charge in [-0.15, -0.1) is 0 Å². The molecule has 5 aromatic rings. The van der Waals surface area contributed by atoms with E-state index in [0.717, 1.165) is 33.6 Å². The second kappa shape index (κ2) is 8.58. The number of benzene rings is 2. The number of carbonyl (C=O) groups excluding carboxylic acids is 2. The molecule has 0 atom stereocenters. The van der Waals surface area contributed by atoms with E-state index in [1.165, 1.54) is 0 Å². The third-order valence-electron chi connectivity index (χ3n) is 5.50. The molecule has 0 bridgehead atoms. The Morgan fingerprint density at radius 2 is 1.64 bits per heavy atom. The molecule has 0 saturated heterocycles. The van der Waals surface area contributed by atoms with Gasteiger partial charge in [-0.05, 0) is 48.9 Å². The predicted octanol–water partition coefficient (Wildman–Crippen LogP) is 2.91. The van der Waals surface area contributed by atoms with E-state index in [9.17, 15) is 9.59 Å². The summed E-state index contributed by atoms with van der Waals surface area (Å²) in [7, 11) is 0. The van der Waals surface area contributed by atoms with Crippen molar-refractivity contribution in [2.45, 2.75) is 20.0 Å². The highest BCUT2D eigenvalue weighted by Gasteiger charge is 2.14. The SMILES string of the molecule is Cc1cccc2nc(CNC(=O)C(=O)NCc3ccc(-n4cnc5ccccc54)cc3)cn12. The number of para-hydroxylation sites is 2. The highest BCUT2D eigenvalue weighted by atomic mass is 16.2. The number of hydrogen-bond donors (Lipinski definition) is 2. The van der Waals surface area contributed by atoms with Gasteiger partial charge in [0.2, 0.25) is 0 Å². The van der Waals surface area contributed by atoms with Gasteiger partial charge in [-0.25, -0.2) is 9.97 Å². The highest BCUT2D eigenvalue weighted by molar-refractivity contribution is 6.35. The molecular weight excluding hydrogens is 416 g/mol. The van der Waals surface area contributed by atoms with Crippen molar-refractivity contribution in [3.8, 4) is 5.69 Å². The van der Waals surface area contributed by atoms with Crippen LogP contribution in [0, 0.1) is 6.92 Å². The number of imidazole rings is 2. The minimum Gasteiger partial charge on any atom is -0.344 e. The zero-order valence-corrected chi connectivity index (χ0v) is 18.0. The number of fused-ring (bicyclic) bond motifs is 2. The van der Waals surface area contributed by atoms with E-state index in [1.807, 2.05) is 88.8 Å². The molecule has 0 aliphatic rings. The van der Waals surface area contributed by atoms with Crippen LogP contribution in [0.5, 0.6) is 0 Å². The first-order valence-electron chi connectivity index (χ1n) is 10.6. The topological polar surface area (TPSA) is 93.3 Å². The van der Waals surface area contributed by atoms with Crippen LogP contribution in [-0.2, 0) is 22.7 Å². The summed E-state index contributed by atoms with van der Waals surface area (Å²) >= 11 is 0. The van der Waals surface area contributed by atoms with E-state index in [2.05, 4.69) is 20.6 Å². The number of pyridine rings is 1. The summed E-state index contributed by atoms with van der Waals surface area (Å²) in [5.41, 5.74) is 6.35. The summed E-state index contributed by atoms with van der Waals surface area (Å²) < 4.78 is 3.95. The fraction of sp³-hybridized carbons (Fsp3) is 0.120. The van der Waals surface area contributed by atoms with Crippen LogP contribution in [0.3, 0.4) is 0 Å². The standard InChI is InChI=1S/C25H22N6O2/c1-17-5-4-8-23-29-19(15-30(17)23)14-27-25(33)24(32)26-13-18-9-11-20(12-10-18)31-16-28-21-6-2-3-7-22(21)31/h2-12,15-16H,13-14H2,1H3,(H,26,32)(H,27,33). The second-order valence-electron chi connectivity index (χ2n) is 7.76. The van der Waals surface area contributed by atoms with Gasteiger partial charge in [-0.2, -0.15) is 0 Å². The number of aryl methyl sites for hydroxylation is 1. The molecule has 2 amide bonds. The lowest BCUT2D eigenvalue weighted by Gasteiger charge is -2.08. The Labute approximate surface area is 189 Å². The quantitative estimate of drug-likeness (QED) is 0.413. The molecule has 2 aromatic carbocycles. The first-order valence-corrected chi connectivity index (χ1v) is 10.6. The van der Waals surface area contributed by atoms with Crippen LogP contribution in [-0.4, -0.2) is 30.8 Å². The number of aromatic nitrogens is 4. The van der Waals surface area contributed by atoms with E-state index in [0.29, 0.717) is 5.69 Å². The van der Waals surface area contributed by atoms with Crippen LogP contribution >= 0.6 is 0 Å². The molecule has 8 heteroatoms. The van der Waals surface area contributed by atoms with Crippen molar-refractivity contribution in [2.24, 2.45) is 0 Å². The number of nitrogens with zero attached hydrogens (tertiary/aromatic N) is 4. The molecular formula is C25H22N6O2. The Balaban J connectivity index is 1.16. The maximum absolute atomic E-state index is 12.2. The van der Waals surface area contributed by atoms with E-state index in [1.54, 1.807) is 6.33 Å². The van der Waals surface area contributed by atoms with Gasteiger partial charge in [-0.3, -0.25) is 14.2 Å². The maximum atomic E-state index is 12.2. The summed E-state index contributed by atoms with van der Waals surface area (Å²) in [5, 5.41) is 5.28. The number of amides is 2. The monoisotopic (exact) mass is 438 g/mol. The molecule has 0 aliphatic heterocycles. The summed E-state index contributed by atoms with van der Waals surface area (Å²) in [4.78, 5) is 33.3. The Hall–Kier alpha value is -4.46. The second-order valence-corrected chi connectivity index (χ2v) is 7.76. The Kier molecular flexibility index (Phi) is 5.32. The summed E-state index contributed by atoms with van der Waals surface area (Å²) in [6, 6.07) is 21.5. The summed E-state index contributed by atoms with van der Waals surface area (Å²) in [6.45, 7) is 2.42. The average Bonchev–Trinajstić information content (AvgIpc) is 3.46. The summed E-state index contributed by atoms with van der Waals surface area (Å²) in [5.74, 6) is -1.37. The predicted molar refractivity (Wildman–Crippen MR) is 125 cm³/mol. The molecule has 0 unspecified atom stereocenters. The molecule has 3 aromatic heterocycles. The minimum absolute atomic E-state index is 0.181. The smallest absolute Gasteiger partial charge is 0.309 e. The minimum atomic E-state index is -0.690. The highest BCUT2D eigenvalue weighted by Crippen LogP contribution is 2.18. The van der Waals surface area contributed by atoms with Crippen LogP contribution in [0.1, 0.15) is 17.0 Å². The zero-order valence-electron chi connectivity index (χ0n) is 18.0. The zero-order chi connectivity index (χ0) is 22.8. The fourth-order valence-electron chi connectivity index (χ4n) is 3.74. The molecule has 0 aliphatic carbocycles. The lowest BCUT2D eigenvalue weighted by molar-refractivity contribution is -0.139. The first-order chi connectivity index (χ1) is 16.1. The van der Waals surface area contributed by atoms with Gasteiger partial charge in [0, 0.05) is 24.1 Å². The van der Waals surface area contributed by atoms with Gasteiger partial charge in [-0.1, -0.05) is 30.3 Å². The largest absolute Gasteiger partial charge is 0.344 e. The third-order valence-corrected chi connectivity index (χ3v) is 5.50. The van der Waals surface area contributed by atoms with Gasteiger partial charge >= 0.3 is 11.8 Å². The third kappa shape index (κ3) is 4.18. The molecule has 2 N–H and O–H groups in total. The van der Waals surface area contributed by atoms with Gasteiger partial charge in [0.1, 0.15) is 12.0 Å². The molecule has 164 valence electrons. The molecule has 3 heterocycles. The van der Waals surface area contributed by atoms with E-state index < -0.39 is 11.8 Å². The van der Waals surface area contributed by atoms with Crippen LogP contribution in [0.25, 0.3) is 22.4 Å². The first kappa shape index (κ1) is 20.4. The lowest BCUT2D eigenvalue weighted by Crippen LogP contribution is -2.39. The molecule has 0 fully saturated rings. The normalized spacial score (nSPS) is 11.1. The molecule has 5 rings (SSSR count). The number of hydrogen-bond acceptors (Lipinski definition) is 4. The average molecular weight is 438 g/mol. The van der Waals surface area contributed by atoms with Gasteiger partial charge in [0.05, 0.1) is 23.3 Å². The number of carbonyl (C=O) groups is 2. The van der Waals surface area contributed by atoms with E-state index >= 15 is 0 Å². The van der Waals surface area contributed by atoms with Crippen molar-refractivity contribution < 1.29 is 9.59 Å². The molecule has 0 saturated carbocycles. The fourth-order valence-corrected chi connectivity index (χ4v) is 3.74. The van der Waals surface area contributed by atoms with E-state index in [4.69, 9.17) is 0 Å². The molecule has 0 radical (unpaired) electrons. The van der Waals surface area contributed by atoms with Crippen LogP contribution in [0.15, 0.2) is 79.3 Å². The Morgan fingerprint density at radius 1 is 0.879 bits per heavy atom. The van der Waals surface area contributed by atoms with Crippen molar-refractivity contribution in [1.29, 1.82) is 0 Å². The molecule has 8 nitrogen and oxygen atoms in total. The van der Waals surface area contributed by atoms with Crippen LogP contribution in [0.4, 0.5) is 0 Å². The van der Waals surface area contributed by atoms with E-state index in [-0.39, 0.29) is 13.1 Å². The van der Waals surface area contributed by atoms with Gasteiger partial charge in [0.15, 0.2) is 0 Å². The maximum Gasteiger partial charge on any atom is 0.309 e. The summed E-state index contributed by atoms with van der Waals surface area (Å²) in [6.07, 6.45) is 3.64. The van der Waals surface area contributed by atoms with Crippen molar-refractivity contribution >= 4 is 28.5 Å². The van der Waals surface area contributed by atoms with Gasteiger partial charge < -0.3 is 15.0 Å². The van der Waals surface area contributed by atoms with Crippen molar-refractivity contribution in [1.82, 2.24) is 29.6 Å². The van der Waals surface area contributed by atoms with Gasteiger partial charge in [0.25, 0.3) is 0 Å². The molecule has 33 heavy (non-hydrogen) atoms. The van der Waals surface area contributed by atoms with Crippen LogP contribution in [0.2, 0.25) is 0 Å². The number of rotatable bonds is 5. The van der Waals surface area contributed by atoms with Crippen LogP contribution < -0.4 is 10.6 Å². The number of nitrogens with one attached hydrogen (secondary N) is 2. The Bertz CT molecular complexity index is 1470. The van der Waals surface area contributed by atoms with Crippen molar-refractivity contribution in [3.63, 3.8) is 0 Å².